The molecule has 26 heavy (non-hydrogen) atoms. The van der Waals surface area contributed by atoms with Gasteiger partial charge in [-0.2, -0.15) is 0 Å². The van der Waals surface area contributed by atoms with Gasteiger partial charge in [0.05, 0.1) is 0 Å². The number of carbonyl (C=O) groups excluding carboxylic acids is 2. The summed E-state index contributed by atoms with van der Waals surface area (Å²) in [6, 6.07) is -1.07. The van der Waals surface area contributed by atoms with Crippen LogP contribution in [0.15, 0.2) is 0 Å². The van der Waals surface area contributed by atoms with Gasteiger partial charge in [0.2, 0.25) is 0 Å². The number of carboxylic acids is 1. The van der Waals surface area contributed by atoms with Gasteiger partial charge in [0.15, 0.2) is 11.6 Å². The topological polar surface area (TPSA) is 97.5 Å². The molecule has 0 radical (unpaired) electrons. The van der Waals surface area contributed by atoms with Crippen LogP contribution >= 0.6 is 0 Å². The predicted molar refractivity (Wildman–Crippen MR) is 105 cm³/mol. The molecular weight excluding hydrogens is 330 g/mol. The van der Waals surface area contributed by atoms with Crippen molar-refractivity contribution in [2.45, 2.75) is 116 Å². The molecular formula is C21H39NO4. The second kappa shape index (κ2) is 17.2. The minimum atomic E-state index is -1.14. The number of aliphatic carboxylic acids is 1. The number of Topliss-reactive ketones (excluding diaryl/α,β-unsaturated/α-hetero) is 2. The summed E-state index contributed by atoms with van der Waals surface area (Å²) in [7, 11) is 0. The highest BCUT2D eigenvalue weighted by molar-refractivity contribution is 6.37. The van der Waals surface area contributed by atoms with Gasteiger partial charge in [-0.25, -0.2) is 0 Å². The maximum absolute atomic E-state index is 11.7. The highest BCUT2D eigenvalue weighted by atomic mass is 16.4. The van der Waals surface area contributed by atoms with E-state index in [9.17, 15) is 14.4 Å². The van der Waals surface area contributed by atoms with Crippen molar-refractivity contribution in [1.82, 2.24) is 0 Å². The van der Waals surface area contributed by atoms with E-state index in [1.54, 1.807) is 0 Å². The van der Waals surface area contributed by atoms with E-state index in [0.717, 1.165) is 19.3 Å². The third kappa shape index (κ3) is 15.1. The van der Waals surface area contributed by atoms with E-state index in [1.807, 2.05) is 0 Å². The Morgan fingerprint density at radius 2 is 1.08 bits per heavy atom. The Morgan fingerprint density at radius 3 is 1.50 bits per heavy atom. The number of rotatable bonds is 19. The van der Waals surface area contributed by atoms with Gasteiger partial charge in [0.1, 0.15) is 6.04 Å². The van der Waals surface area contributed by atoms with Crippen molar-refractivity contribution in [2.24, 2.45) is 5.73 Å². The van der Waals surface area contributed by atoms with Crippen LogP contribution in [-0.4, -0.2) is 28.7 Å². The second-order valence-electron chi connectivity index (χ2n) is 7.32. The van der Waals surface area contributed by atoms with Gasteiger partial charge in [-0.05, 0) is 12.8 Å². The van der Waals surface area contributed by atoms with E-state index >= 15 is 0 Å². The van der Waals surface area contributed by atoms with Gasteiger partial charge in [-0.15, -0.1) is 0 Å². The Labute approximate surface area is 159 Å². The fourth-order valence-corrected chi connectivity index (χ4v) is 2.99. The van der Waals surface area contributed by atoms with Gasteiger partial charge in [0, 0.05) is 12.8 Å². The number of ketones is 2. The zero-order valence-corrected chi connectivity index (χ0v) is 16.6. The standard InChI is InChI=1S/C21H39NO4/c1-2-3-4-5-6-7-8-9-10-11-12-13-14-15-19(23)20(24)17-16-18(22)21(25)26/h18H,2-17,22H2,1H3,(H,25,26)/t18-/m0/s1. The predicted octanol–water partition coefficient (Wildman–Crippen LogP) is 4.80. The molecule has 0 aliphatic carbocycles. The lowest BCUT2D eigenvalue weighted by Crippen LogP contribution is -2.31. The number of carbonyl (C=O) groups is 3. The summed E-state index contributed by atoms with van der Waals surface area (Å²) in [6.45, 7) is 2.24. The molecule has 0 aliphatic rings. The van der Waals surface area contributed by atoms with Crippen LogP contribution in [0.4, 0.5) is 0 Å². The Balaban J connectivity index is 3.40. The maximum atomic E-state index is 11.7. The summed E-state index contributed by atoms with van der Waals surface area (Å²) in [5, 5.41) is 8.65. The van der Waals surface area contributed by atoms with E-state index in [2.05, 4.69) is 6.92 Å². The molecule has 0 aliphatic heterocycles. The molecule has 152 valence electrons. The number of nitrogens with two attached hydrogens (primary N) is 1. The lowest BCUT2D eigenvalue weighted by atomic mass is 10.0. The molecule has 0 aromatic heterocycles. The zero-order valence-electron chi connectivity index (χ0n) is 16.6. The van der Waals surface area contributed by atoms with Crippen LogP contribution in [0.1, 0.15) is 110 Å². The van der Waals surface area contributed by atoms with Crippen LogP contribution in [0.25, 0.3) is 0 Å². The van der Waals surface area contributed by atoms with E-state index in [1.165, 1.54) is 64.2 Å². The summed E-state index contributed by atoms with van der Waals surface area (Å²) in [5.74, 6) is -2.01. The quantitative estimate of drug-likeness (QED) is 0.252. The largest absolute Gasteiger partial charge is 0.480 e. The number of unbranched alkanes of at least 4 members (excludes halogenated alkanes) is 12. The molecule has 0 aromatic carbocycles. The minimum Gasteiger partial charge on any atom is -0.480 e. The van der Waals surface area contributed by atoms with Crippen LogP contribution in [0.3, 0.4) is 0 Å². The normalized spacial score (nSPS) is 12.1. The highest BCUT2D eigenvalue weighted by Gasteiger charge is 2.17. The Hall–Kier alpha value is -1.23. The Morgan fingerprint density at radius 1 is 0.692 bits per heavy atom. The van der Waals surface area contributed by atoms with Crippen LogP contribution in [0.2, 0.25) is 0 Å². The summed E-state index contributed by atoms with van der Waals surface area (Å²) in [5.41, 5.74) is 5.33. The molecule has 0 amide bonds. The molecule has 0 spiro atoms. The fraction of sp³-hybridized carbons (Fsp3) is 0.857. The lowest BCUT2D eigenvalue weighted by molar-refractivity contribution is -0.139. The first-order valence-electron chi connectivity index (χ1n) is 10.5. The van der Waals surface area contributed by atoms with Crippen molar-refractivity contribution in [3.63, 3.8) is 0 Å². The van der Waals surface area contributed by atoms with Gasteiger partial charge >= 0.3 is 5.97 Å². The average Bonchev–Trinajstić information content (AvgIpc) is 2.62. The van der Waals surface area contributed by atoms with Crippen LogP contribution in [0, 0.1) is 0 Å². The molecule has 0 saturated heterocycles. The van der Waals surface area contributed by atoms with Crippen molar-refractivity contribution >= 4 is 17.5 Å². The van der Waals surface area contributed by atoms with E-state index < -0.39 is 17.8 Å². The van der Waals surface area contributed by atoms with Crippen LogP contribution in [-0.2, 0) is 14.4 Å². The molecule has 0 fully saturated rings. The summed E-state index contributed by atoms with van der Waals surface area (Å²) >= 11 is 0. The van der Waals surface area contributed by atoms with E-state index in [4.69, 9.17) is 10.8 Å². The Bertz CT molecular complexity index is 395. The van der Waals surface area contributed by atoms with Crippen molar-refractivity contribution in [3.05, 3.63) is 0 Å². The van der Waals surface area contributed by atoms with Crippen molar-refractivity contribution in [2.75, 3.05) is 0 Å². The fourth-order valence-electron chi connectivity index (χ4n) is 2.99. The number of hydrogen-bond acceptors (Lipinski definition) is 4. The molecule has 3 N–H and O–H groups in total. The van der Waals surface area contributed by atoms with E-state index in [-0.39, 0.29) is 25.0 Å². The first kappa shape index (κ1) is 24.8. The van der Waals surface area contributed by atoms with Crippen molar-refractivity contribution in [3.8, 4) is 0 Å². The first-order valence-corrected chi connectivity index (χ1v) is 10.5. The van der Waals surface area contributed by atoms with Gasteiger partial charge in [-0.3, -0.25) is 14.4 Å². The summed E-state index contributed by atoms with van der Waals surface area (Å²) in [6.07, 6.45) is 16.3. The van der Waals surface area contributed by atoms with E-state index in [0.29, 0.717) is 0 Å². The van der Waals surface area contributed by atoms with Crippen LogP contribution in [0.5, 0.6) is 0 Å². The summed E-state index contributed by atoms with van der Waals surface area (Å²) < 4.78 is 0. The molecule has 1 atom stereocenters. The average molecular weight is 370 g/mol. The third-order valence-corrected chi connectivity index (χ3v) is 4.82. The molecule has 0 heterocycles. The molecule has 0 saturated carbocycles. The number of hydrogen-bond donors (Lipinski definition) is 2. The summed E-state index contributed by atoms with van der Waals surface area (Å²) in [4.78, 5) is 33.9. The second-order valence-corrected chi connectivity index (χ2v) is 7.32. The Kier molecular flexibility index (Phi) is 16.4. The molecule has 0 unspecified atom stereocenters. The van der Waals surface area contributed by atoms with Gasteiger partial charge < -0.3 is 10.8 Å². The molecule has 0 rings (SSSR count). The zero-order chi connectivity index (χ0) is 19.6. The molecule has 0 bridgehead atoms. The van der Waals surface area contributed by atoms with Crippen LogP contribution < -0.4 is 5.73 Å². The van der Waals surface area contributed by atoms with Crippen molar-refractivity contribution < 1.29 is 19.5 Å². The maximum Gasteiger partial charge on any atom is 0.320 e. The first-order chi connectivity index (χ1) is 12.5. The SMILES string of the molecule is CCCCCCCCCCCCCCCC(=O)C(=O)CC[C@H](N)C(=O)O. The molecule has 5 heteroatoms. The monoisotopic (exact) mass is 369 g/mol. The lowest BCUT2D eigenvalue weighted by Gasteiger charge is -2.05. The van der Waals surface area contributed by atoms with Gasteiger partial charge in [-0.1, -0.05) is 84.0 Å². The third-order valence-electron chi connectivity index (χ3n) is 4.82. The van der Waals surface area contributed by atoms with Crippen molar-refractivity contribution in [1.29, 1.82) is 0 Å². The van der Waals surface area contributed by atoms with Gasteiger partial charge in [0.25, 0.3) is 0 Å². The molecule has 5 nitrogen and oxygen atoms in total. The smallest absolute Gasteiger partial charge is 0.320 e. The highest BCUT2D eigenvalue weighted by Crippen LogP contribution is 2.13. The molecule has 0 aromatic rings. The number of carboxylic acid groups (broad SMARTS) is 1. The minimum absolute atomic E-state index is 0.0263.